The highest BCUT2D eigenvalue weighted by molar-refractivity contribution is 4.93. The van der Waals surface area contributed by atoms with Gasteiger partial charge in [-0.25, -0.2) is 0 Å². The van der Waals surface area contributed by atoms with Crippen molar-refractivity contribution in [3.05, 3.63) is 48.6 Å². The highest BCUT2D eigenvalue weighted by Gasteiger charge is 2.14. The third-order valence-corrected chi connectivity index (χ3v) is 9.46. The van der Waals surface area contributed by atoms with Crippen molar-refractivity contribution >= 4 is 0 Å². The first-order valence-electron chi connectivity index (χ1n) is 21.5. The Hall–Kier alpha value is -1.16. The number of allylic oxidation sites excluding steroid dienone is 8. The lowest BCUT2D eigenvalue weighted by Gasteiger charge is -2.22. The highest BCUT2D eigenvalue weighted by Crippen LogP contribution is 2.17. The minimum absolute atomic E-state index is 0.247. The zero-order valence-electron chi connectivity index (χ0n) is 34.0. The van der Waals surface area contributed by atoms with Gasteiger partial charge >= 0.3 is 0 Å². The normalized spacial score (nSPS) is 13.8. The molecule has 2 atom stereocenters. The number of nitrogens with zero attached hydrogens (tertiary/aromatic N) is 1. The van der Waals surface area contributed by atoms with Crippen molar-refractivity contribution in [1.82, 2.24) is 4.90 Å². The summed E-state index contributed by atoms with van der Waals surface area (Å²) in [5.74, 6) is 0.686. The summed E-state index contributed by atoms with van der Waals surface area (Å²) < 4.78 is 12.6. The maximum Gasteiger partial charge on any atom is 0.0811 e. The van der Waals surface area contributed by atoms with E-state index < -0.39 is 0 Å². The summed E-state index contributed by atoms with van der Waals surface area (Å²) in [6.45, 7) is 10.6. The van der Waals surface area contributed by atoms with Crippen LogP contribution in [0.3, 0.4) is 0 Å². The summed E-state index contributed by atoms with van der Waals surface area (Å²) >= 11 is 0. The molecular formula is C46H87NO2. The van der Waals surface area contributed by atoms with Crippen molar-refractivity contribution in [3.8, 4) is 0 Å². The van der Waals surface area contributed by atoms with Gasteiger partial charge < -0.3 is 14.4 Å². The molecule has 0 amide bonds. The van der Waals surface area contributed by atoms with Crippen LogP contribution >= 0.6 is 0 Å². The third-order valence-electron chi connectivity index (χ3n) is 9.46. The molecule has 0 heterocycles. The van der Waals surface area contributed by atoms with Crippen molar-refractivity contribution in [2.75, 3.05) is 40.5 Å². The minimum atomic E-state index is 0.247. The van der Waals surface area contributed by atoms with Gasteiger partial charge in [-0.2, -0.15) is 0 Å². The Bertz CT molecular complexity index is 739. The van der Waals surface area contributed by atoms with Crippen molar-refractivity contribution in [3.63, 3.8) is 0 Å². The van der Waals surface area contributed by atoms with Crippen LogP contribution in [-0.2, 0) is 9.47 Å². The van der Waals surface area contributed by atoms with E-state index in [0.29, 0.717) is 5.92 Å². The van der Waals surface area contributed by atoms with Gasteiger partial charge in [-0.3, -0.25) is 0 Å². The number of ether oxygens (including phenoxy) is 2. The van der Waals surface area contributed by atoms with E-state index >= 15 is 0 Å². The SMILES string of the molecule is CCCCC/C=C\C/C=C\CCCCCCCCOCC(CC(C)CCCN(C)C)OCCCCCCCC/C=C\C/C=C\CCCCC. The van der Waals surface area contributed by atoms with Crippen LogP contribution in [0.5, 0.6) is 0 Å². The Morgan fingerprint density at radius 3 is 1.39 bits per heavy atom. The lowest BCUT2D eigenvalue weighted by molar-refractivity contribution is -0.0294. The molecule has 49 heavy (non-hydrogen) atoms. The molecule has 3 heteroatoms. The molecule has 2 unspecified atom stereocenters. The van der Waals surface area contributed by atoms with Crippen LogP contribution in [0, 0.1) is 5.92 Å². The van der Waals surface area contributed by atoms with Crippen molar-refractivity contribution in [1.29, 1.82) is 0 Å². The second-order valence-corrected chi connectivity index (χ2v) is 15.0. The lowest BCUT2D eigenvalue weighted by atomic mass is 9.98. The molecule has 0 aliphatic rings. The number of hydrogen-bond donors (Lipinski definition) is 0. The summed E-state index contributed by atoms with van der Waals surface area (Å²) in [6, 6.07) is 0. The first kappa shape index (κ1) is 47.8. The predicted molar refractivity (Wildman–Crippen MR) is 221 cm³/mol. The van der Waals surface area contributed by atoms with Gasteiger partial charge in [-0.15, -0.1) is 0 Å². The van der Waals surface area contributed by atoms with Gasteiger partial charge in [0, 0.05) is 13.2 Å². The molecule has 0 aliphatic heterocycles. The van der Waals surface area contributed by atoms with Gasteiger partial charge in [-0.1, -0.05) is 146 Å². The Balaban J connectivity index is 3.95. The molecule has 0 bridgehead atoms. The molecule has 0 aromatic heterocycles. The second-order valence-electron chi connectivity index (χ2n) is 15.0. The Morgan fingerprint density at radius 1 is 0.490 bits per heavy atom. The lowest BCUT2D eigenvalue weighted by Crippen LogP contribution is -2.24. The first-order valence-corrected chi connectivity index (χ1v) is 21.5. The van der Waals surface area contributed by atoms with Gasteiger partial charge in [0.1, 0.15) is 0 Å². The minimum Gasteiger partial charge on any atom is -0.379 e. The maximum atomic E-state index is 6.43. The van der Waals surface area contributed by atoms with Crippen molar-refractivity contribution in [2.24, 2.45) is 5.92 Å². The number of unbranched alkanes of at least 4 members (excludes halogenated alkanes) is 18. The maximum absolute atomic E-state index is 6.43. The molecule has 0 saturated carbocycles. The van der Waals surface area contributed by atoms with E-state index in [4.69, 9.17) is 9.47 Å². The number of hydrogen-bond acceptors (Lipinski definition) is 3. The summed E-state index contributed by atoms with van der Waals surface area (Å²) in [4.78, 5) is 2.29. The van der Waals surface area contributed by atoms with Gasteiger partial charge in [0.05, 0.1) is 12.7 Å². The van der Waals surface area contributed by atoms with Gasteiger partial charge in [0.2, 0.25) is 0 Å². The van der Waals surface area contributed by atoms with Crippen LogP contribution in [0.2, 0.25) is 0 Å². The molecule has 0 rings (SSSR count). The standard InChI is InChI=1S/C46H87NO2/c1-6-8-10-12-14-16-18-20-22-24-26-28-30-32-34-36-41-48-44-46(43-45(3)39-38-40-47(4)5)49-42-37-35-33-31-29-27-25-23-21-19-17-15-13-11-9-7-2/h14-17,20-23,45-46H,6-13,18-19,24-44H2,1-5H3/b16-14-,17-15-,22-20-,23-21-. The van der Waals surface area contributed by atoms with E-state index in [-0.39, 0.29) is 6.10 Å². The van der Waals surface area contributed by atoms with Crippen LogP contribution < -0.4 is 0 Å². The molecule has 3 nitrogen and oxygen atoms in total. The van der Waals surface area contributed by atoms with Crippen LogP contribution in [0.1, 0.15) is 194 Å². The molecule has 0 aromatic rings. The largest absolute Gasteiger partial charge is 0.379 e. The topological polar surface area (TPSA) is 21.7 Å². The van der Waals surface area contributed by atoms with Crippen LogP contribution in [-0.4, -0.2) is 51.5 Å². The molecule has 0 saturated heterocycles. The van der Waals surface area contributed by atoms with Crippen LogP contribution in [0.15, 0.2) is 48.6 Å². The Labute approximate surface area is 308 Å². The molecule has 0 spiro atoms. The molecule has 0 radical (unpaired) electrons. The van der Waals surface area contributed by atoms with Gasteiger partial charge in [-0.05, 0) is 123 Å². The number of rotatable bonds is 39. The average molecular weight is 686 g/mol. The van der Waals surface area contributed by atoms with E-state index in [2.05, 4.69) is 88.4 Å². The second kappa shape index (κ2) is 41.3. The molecule has 0 fully saturated rings. The fourth-order valence-corrected chi connectivity index (χ4v) is 6.25. The van der Waals surface area contributed by atoms with E-state index in [1.165, 1.54) is 161 Å². The van der Waals surface area contributed by atoms with E-state index in [0.717, 1.165) is 39.1 Å². The average Bonchev–Trinajstić information content (AvgIpc) is 3.08. The fraction of sp³-hybridized carbons (Fsp3) is 0.826. The third kappa shape index (κ3) is 41.1. The van der Waals surface area contributed by atoms with Crippen LogP contribution in [0.25, 0.3) is 0 Å². The quantitative estimate of drug-likeness (QED) is 0.0475. The molecule has 0 N–H and O–H groups in total. The van der Waals surface area contributed by atoms with E-state index in [1.54, 1.807) is 0 Å². The predicted octanol–water partition coefficient (Wildman–Crippen LogP) is 14.4. The van der Waals surface area contributed by atoms with Crippen LogP contribution in [0.4, 0.5) is 0 Å². The molecule has 0 aromatic carbocycles. The molecule has 288 valence electrons. The van der Waals surface area contributed by atoms with E-state index in [9.17, 15) is 0 Å². The summed E-state index contributed by atoms with van der Waals surface area (Å²) in [5, 5.41) is 0. The molecule has 0 aliphatic carbocycles. The highest BCUT2D eigenvalue weighted by atomic mass is 16.5. The van der Waals surface area contributed by atoms with Gasteiger partial charge in [0.15, 0.2) is 0 Å². The zero-order valence-corrected chi connectivity index (χ0v) is 34.0. The fourth-order valence-electron chi connectivity index (χ4n) is 6.25. The summed E-state index contributed by atoms with van der Waals surface area (Å²) in [6.07, 6.45) is 53.6. The van der Waals surface area contributed by atoms with E-state index in [1.807, 2.05) is 0 Å². The Kier molecular flexibility index (Phi) is 40.3. The Morgan fingerprint density at radius 2 is 0.918 bits per heavy atom. The van der Waals surface area contributed by atoms with Crippen molar-refractivity contribution in [2.45, 2.75) is 200 Å². The zero-order chi connectivity index (χ0) is 35.7. The van der Waals surface area contributed by atoms with Gasteiger partial charge in [0.25, 0.3) is 0 Å². The summed E-state index contributed by atoms with van der Waals surface area (Å²) in [7, 11) is 4.34. The smallest absolute Gasteiger partial charge is 0.0811 e. The van der Waals surface area contributed by atoms with Crippen molar-refractivity contribution < 1.29 is 9.47 Å². The molecular weight excluding hydrogens is 599 g/mol. The monoisotopic (exact) mass is 686 g/mol. The summed E-state index contributed by atoms with van der Waals surface area (Å²) in [5.41, 5.74) is 0. The first-order chi connectivity index (χ1) is 24.1.